The number of para-hydroxylation sites is 1. The molecule has 0 aliphatic carbocycles. The fraction of sp³-hybridized carbons (Fsp3) is 0.400. The van der Waals surface area contributed by atoms with Crippen molar-refractivity contribution in [3.63, 3.8) is 0 Å². The second kappa shape index (κ2) is 6.20. The van der Waals surface area contributed by atoms with E-state index in [4.69, 9.17) is 0 Å². The predicted molar refractivity (Wildman–Crippen MR) is 105 cm³/mol. The first-order valence-electron chi connectivity index (χ1n) is 8.95. The van der Waals surface area contributed by atoms with Crippen LogP contribution in [0.15, 0.2) is 42.7 Å². The van der Waals surface area contributed by atoms with Crippen LogP contribution in [0.3, 0.4) is 0 Å². The van der Waals surface area contributed by atoms with Gasteiger partial charge >= 0.3 is 0 Å². The number of anilines is 2. The van der Waals surface area contributed by atoms with Gasteiger partial charge < -0.3 is 9.80 Å². The standard InChI is InChI=1S/C20H24N6/c1-20(2,3)17-9-10-18(24-23-17)26-11-14(12-26)25(4)19-15-7-5-6-8-16(15)21-13-22-19/h5-10,13-14H,11-12H2,1-4H3. The van der Waals surface area contributed by atoms with Crippen LogP contribution in [-0.2, 0) is 5.41 Å². The Hall–Kier alpha value is -2.76. The summed E-state index contributed by atoms with van der Waals surface area (Å²) in [6.07, 6.45) is 1.64. The molecule has 4 rings (SSSR count). The lowest BCUT2D eigenvalue weighted by molar-refractivity contribution is 0.486. The highest BCUT2D eigenvalue weighted by Crippen LogP contribution is 2.28. The Labute approximate surface area is 153 Å². The summed E-state index contributed by atoms with van der Waals surface area (Å²) in [5.41, 5.74) is 2.02. The molecule has 0 radical (unpaired) electrons. The second-order valence-electron chi connectivity index (χ2n) is 7.91. The van der Waals surface area contributed by atoms with Gasteiger partial charge in [0.2, 0.25) is 0 Å². The third-order valence-corrected chi connectivity index (χ3v) is 5.01. The average molecular weight is 348 g/mol. The molecule has 1 aromatic carbocycles. The average Bonchev–Trinajstić information content (AvgIpc) is 2.59. The van der Waals surface area contributed by atoms with Crippen LogP contribution in [0, 0.1) is 0 Å². The van der Waals surface area contributed by atoms with E-state index in [0.29, 0.717) is 6.04 Å². The number of aromatic nitrogens is 4. The smallest absolute Gasteiger partial charge is 0.151 e. The van der Waals surface area contributed by atoms with Crippen LogP contribution in [0.5, 0.6) is 0 Å². The molecule has 6 heteroatoms. The molecule has 3 aromatic rings. The third kappa shape index (κ3) is 2.96. The topological polar surface area (TPSA) is 58.0 Å². The van der Waals surface area contributed by atoms with Crippen molar-refractivity contribution in [2.45, 2.75) is 32.2 Å². The molecule has 1 aliphatic rings. The fourth-order valence-corrected chi connectivity index (χ4v) is 3.23. The molecular weight excluding hydrogens is 324 g/mol. The van der Waals surface area contributed by atoms with Crippen molar-refractivity contribution < 1.29 is 0 Å². The second-order valence-corrected chi connectivity index (χ2v) is 7.91. The molecule has 3 heterocycles. The van der Waals surface area contributed by atoms with Crippen LogP contribution in [0.25, 0.3) is 10.9 Å². The molecule has 2 aromatic heterocycles. The maximum Gasteiger partial charge on any atom is 0.151 e. The van der Waals surface area contributed by atoms with Crippen molar-refractivity contribution in [1.82, 2.24) is 20.2 Å². The number of hydrogen-bond acceptors (Lipinski definition) is 6. The minimum absolute atomic E-state index is 0.0251. The van der Waals surface area contributed by atoms with Crippen molar-refractivity contribution >= 4 is 22.5 Å². The first-order chi connectivity index (χ1) is 12.4. The van der Waals surface area contributed by atoms with Gasteiger partial charge in [0, 0.05) is 30.9 Å². The Bertz CT molecular complexity index is 904. The molecule has 1 saturated heterocycles. The Morgan fingerprint density at radius 3 is 2.46 bits per heavy atom. The molecule has 26 heavy (non-hydrogen) atoms. The van der Waals surface area contributed by atoms with Crippen LogP contribution in [0.1, 0.15) is 26.5 Å². The van der Waals surface area contributed by atoms with E-state index in [1.54, 1.807) is 6.33 Å². The quantitative estimate of drug-likeness (QED) is 0.725. The predicted octanol–water partition coefficient (Wildman–Crippen LogP) is 3.04. The van der Waals surface area contributed by atoms with Crippen molar-refractivity contribution in [1.29, 1.82) is 0 Å². The summed E-state index contributed by atoms with van der Waals surface area (Å²) in [5.74, 6) is 1.92. The van der Waals surface area contributed by atoms with E-state index >= 15 is 0 Å². The molecule has 0 N–H and O–H groups in total. The summed E-state index contributed by atoms with van der Waals surface area (Å²) < 4.78 is 0. The fourth-order valence-electron chi connectivity index (χ4n) is 3.23. The molecule has 0 unspecified atom stereocenters. The first-order valence-corrected chi connectivity index (χ1v) is 8.95. The molecule has 134 valence electrons. The monoisotopic (exact) mass is 348 g/mol. The maximum atomic E-state index is 4.51. The molecule has 0 bridgehead atoms. The highest BCUT2D eigenvalue weighted by Gasteiger charge is 2.32. The normalized spacial score (nSPS) is 15.2. The van der Waals surface area contributed by atoms with Gasteiger partial charge in [-0.15, -0.1) is 5.10 Å². The SMILES string of the molecule is CN(c1ncnc2ccccc12)C1CN(c2ccc(C(C)(C)C)nn2)C1. The van der Waals surface area contributed by atoms with Crippen molar-refractivity contribution in [2.24, 2.45) is 0 Å². The van der Waals surface area contributed by atoms with Gasteiger partial charge in [-0.05, 0) is 24.3 Å². The lowest BCUT2D eigenvalue weighted by Gasteiger charge is -2.45. The van der Waals surface area contributed by atoms with Gasteiger partial charge in [0.15, 0.2) is 5.82 Å². The molecule has 0 saturated carbocycles. The Balaban J connectivity index is 1.47. The summed E-state index contributed by atoms with van der Waals surface area (Å²) >= 11 is 0. The molecule has 6 nitrogen and oxygen atoms in total. The van der Waals surface area contributed by atoms with E-state index in [0.717, 1.165) is 41.3 Å². The summed E-state index contributed by atoms with van der Waals surface area (Å²) in [7, 11) is 2.10. The third-order valence-electron chi connectivity index (χ3n) is 5.01. The van der Waals surface area contributed by atoms with Gasteiger partial charge in [-0.25, -0.2) is 9.97 Å². The van der Waals surface area contributed by atoms with E-state index in [9.17, 15) is 0 Å². The number of likely N-dealkylation sites (N-methyl/N-ethyl adjacent to an activating group) is 1. The number of benzene rings is 1. The number of fused-ring (bicyclic) bond motifs is 1. The first kappa shape index (κ1) is 16.7. The summed E-state index contributed by atoms with van der Waals surface area (Å²) in [6.45, 7) is 8.28. The lowest BCUT2D eigenvalue weighted by atomic mass is 9.92. The van der Waals surface area contributed by atoms with Crippen LogP contribution in [0.2, 0.25) is 0 Å². The van der Waals surface area contributed by atoms with Gasteiger partial charge in [-0.1, -0.05) is 32.9 Å². The van der Waals surface area contributed by atoms with Gasteiger partial charge in [0.25, 0.3) is 0 Å². The van der Waals surface area contributed by atoms with E-state index in [1.165, 1.54) is 0 Å². The van der Waals surface area contributed by atoms with Crippen molar-refractivity contribution in [2.75, 3.05) is 29.9 Å². The number of hydrogen-bond donors (Lipinski definition) is 0. The van der Waals surface area contributed by atoms with E-state index in [-0.39, 0.29) is 5.41 Å². The summed E-state index contributed by atoms with van der Waals surface area (Å²) in [6, 6.07) is 12.7. The molecule has 1 fully saturated rings. The number of rotatable bonds is 3. The highest BCUT2D eigenvalue weighted by atomic mass is 15.4. The van der Waals surface area contributed by atoms with Gasteiger partial charge in [-0.2, -0.15) is 5.10 Å². The minimum Gasteiger partial charge on any atom is -0.353 e. The molecule has 0 spiro atoms. The lowest BCUT2D eigenvalue weighted by Crippen LogP contribution is -2.59. The van der Waals surface area contributed by atoms with E-state index in [1.807, 2.05) is 18.2 Å². The molecule has 1 aliphatic heterocycles. The number of nitrogens with zero attached hydrogens (tertiary/aromatic N) is 6. The van der Waals surface area contributed by atoms with Crippen molar-refractivity contribution in [3.8, 4) is 0 Å². The zero-order chi connectivity index (χ0) is 18.3. The molecule has 0 atom stereocenters. The van der Waals surface area contributed by atoms with Crippen LogP contribution >= 0.6 is 0 Å². The highest BCUT2D eigenvalue weighted by molar-refractivity contribution is 5.89. The summed E-state index contributed by atoms with van der Waals surface area (Å²) in [4.78, 5) is 13.4. The molecular formula is C20H24N6. The van der Waals surface area contributed by atoms with Crippen molar-refractivity contribution in [3.05, 3.63) is 48.4 Å². The maximum absolute atomic E-state index is 4.51. The van der Waals surface area contributed by atoms with Crippen LogP contribution in [0.4, 0.5) is 11.6 Å². The zero-order valence-electron chi connectivity index (χ0n) is 15.7. The molecule has 0 amide bonds. The van der Waals surface area contributed by atoms with E-state index in [2.05, 4.69) is 76.0 Å². The summed E-state index contributed by atoms with van der Waals surface area (Å²) in [5, 5.41) is 9.90. The van der Waals surface area contributed by atoms with Crippen LogP contribution in [-0.4, -0.2) is 46.3 Å². The Morgan fingerprint density at radius 1 is 1.00 bits per heavy atom. The van der Waals surface area contributed by atoms with Gasteiger partial charge in [-0.3, -0.25) is 0 Å². The Morgan fingerprint density at radius 2 is 1.77 bits per heavy atom. The van der Waals surface area contributed by atoms with Gasteiger partial charge in [0.1, 0.15) is 12.1 Å². The van der Waals surface area contributed by atoms with Gasteiger partial charge in [0.05, 0.1) is 17.3 Å². The van der Waals surface area contributed by atoms with Crippen LogP contribution < -0.4 is 9.80 Å². The van der Waals surface area contributed by atoms with E-state index < -0.39 is 0 Å². The minimum atomic E-state index is 0.0251. The zero-order valence-corrected chi connectivity index (χ0v) is 15.7. The largest absolute Gasteiger partial charge is 0.353 e. The Kier molecular flexibility index (Phi) is 3.98.